The highest BCUT2D eigenvalue weighted by molar-refractivity contribution is 6.30. The van der Waals surface area contributed by atoms with Crippen LogP contribution in [0.2, 0.25) is 5.02 Å². The number of hydrogen-bond donors (Lipinski definition) is 1. The molecule has 21 heavy (non-hydrogen) atoms. The van der Waals surface area contributed by atoms with Gasteiger partial charge in [0.15, 0.2) is 0 Å². The van der Waals surface area contributed by atoms with Gasteiger partial charge in [-0.1, -0.05) is 11.6 Å². The van der Waals surface area contributed by atoms with Crippen LogP contribution >= 0.6 is 11.6 Å². The predicted octanol–water partition coefficient (Wildman–Crippen LogP) is 4.32. The molecule has 0 aliphatic heterocycles. The van der Waals surface area contributed by atoms with Crippen LogP contribution in [0.3, 0.4) is 0 Å². The van der Waals surface area contributed by atoms with Crippen molar-refractivity contribution in [2.24, 2.45) is 10.2 Å². The Morgan fingerprint density at radius 1 is 1.33 bits per heavy atom. The van der Waals surface area contributed by atoms with Crippen LogP contribution in [0, 0.1) is 0 Å². The molecule has 0 aliphatic rings. The van der Waals surface area contributed by atoms with Gasteiger partial charge in [0.2, 0.25) is 11.5 Å². The Morgan fingerprint density at radius 3 is 2.38 bits per heavy atom. The Kier molecular flexibility index (Phi) is 5.71. The van der Waals surface area contributed by atoms with Gasteiger partial charge in [0.25, 0.3) is 0 Å². The van der Waals surface area contributed by atoms with Crippen molar-refractivity contribution in [1.82, 2.24) is 0 Å². The largest absolute Gasteiger partial charge is 0.502 e. The molecule has 1 aromatic rings. The number of alkyl halides is 3. The first-order valence-corrected chi connectivity index (χ1v) is 5.98. The maximum Gasteiger partial charge on any atom is 0.451 e. The highest BCUT2D eigenvalue weighted by Crippen LogP contribution is 2.28. The monoisotopic (exact) mass is 322 g/mol. The Morgan fingerprint density at radius 2 is 1.90 bits per heavy atom. The summed E-state index contributed by atoms with van der Waals surface area (Å²) < 4.78 is 41.7. The molecule has 0 aliphatic carbocycles. The van der Waals surface area contributed by atoms with E-state index in [0.29, 0.717) is 5.02 Å². The molecule has 0 saturated carbocycles. The van der Waals surface area contributed by atoms with E-state index in [0.717, 1.165) is 0 Å². The molecule has 0 spiro atoms. The first kappa shape index (κ1) is 17.0. The molecule has 0 aromatic heterocycles. The average molecular weight is 323 g/mol. The molecule has 5 nitrogen and oxygen atoms in total. The van der Waals surface area contributed by atoms with Crippen molar-refractivity contribution < 1.29 is 27.8 Å². The van der Waals surface area contributed by atoms with Gasteiger partial charge in [-0.3, -0.25) is 0 Å². The van der Waals surface area contributed by atoms with Gasteiger partial charge in [0.05, 0.1) is 12.3 Å². The first-order chi connectivity index (χ1) is 9.75. The van der Waals surface area contributed by atoms with E-state index in [2.05, 4.69) is 15.0 Å². The molecule has 0 unspecified atom stereocenters. The van der Waals surface area contributed by atoms with Crippen LogP contribution in [0.1, 0.15) is 6.92 Å². The summed E-state index contributed by atoms with van der Waals surface area (Å²) in [6, 6.07) is 5.62. The van der Waals surface area contributed by atoms with Crippen LogP contribution in [-0.4, -0.2) is 23.9 Å². The van der Waals surface area contributed by atoms with Crippen LogP contribution in [0.4, 0.5) is 18.9 Å². The fourth-order valence-corrected chi connectivity index (χ4v) is 1.26. The SMILES string of the molecule is CCOC(=O)/C(N=Nc1ccc(Cl)cc1)=C(\O)C(F)(F)F. The Hall–Kier alpha value is -2.09. The number of halogens is 4. The lowest BCUT2D eigenvalue weighted by Gasteiger charge is -2.08. The van der Waals surface area contributed by atoms with Crippen molar-refractivity contribution in [1.29, 1.82) is 0 Å². The molecule has 1 rings (SSSR count). The fraction of sp³-hybridized carbons (Fsp3) is 0.250. The highest BCUT2D eigenvalue weighted by atomic mass is 35.5. The number of hydrogen-bond acceptors (Lipinski definition) is 5. The maximum absolute atomic E-state index is 12.4. The number of esters is 1. The number of benzene rings is 1. The quantitative estimate of drug-likeness (QED) is 0.388. The topological polar surface area (TPSA) is 71.2 Å². The van der Waals surface area contributed by atoms with Gasteiger partial charge in [0, 0.05) is 5.02 Å². The minimum absolute atomic E-state index is 0.149. The van der Waals surface area contributed by atoms with Crippen LogP contribution < -0.4 is 0 Å². The zero-order valence-corrected chi connectivity index (χ0v) is 11.4. The van der Waals surface area contributed by atoms with E-state index < -0.39 is 23.6 Å². The van der Waals surface area contributed by atoms with Gasteiger partial charge in [-0.2, -0.15) is 18.3 Å². The Labute approximate surface area is 122 Å². The lowest BCUT2D eigenvalue weighted by molar-refractivity contribution is -0.143. The lowest BCUT2D eigenvalue weighted by Crippen LogP contribution is -2.18. The number of rotatable bonds is 4. The third kappa shape index (κ3) is 5.07. The predicted molar refractivity (Wildman–Crippen MR) is 68.3 cm³/mol. The molecule has 0 fully saturated rings. The van der Waals surface area contributed by atoms with Gasteiger partial charge < -0.3 is 9.84 Å². The van der Waals surface area contributed by atoms with Crippen molar-refractivity contribution >= 4 is 23.3 Å². The van der Waals surface area contributed by atoms with Gasteiger partial charge >= 0.3 is 12.1 Å². The third-order valence-corrected chi connectivity index (χ3v) is 2.31. The standard InChI is InChI=1S/C12H10ClF3N2O3/c1-2-21-11(20)9(10(19)12(14,15)16)18-17-8-5-3-7(13)4-6-8/h3-6,19H,2H2,1H3/b10-9+,18-17?. The van der Waals surface area contributed by atoms with E-state index in [1.54, 1.807) is 0 Å². The van der Waals surface area contributed by atoms with Gasteiger partial charge in [-0.25, -0.2) is 4.79 Å². The molecule has 0 atom stereocenters. The van der Waals surface area contributed by atoms with Crippen molar-refractivity contribution in [2.45, 2.75) is 13.1 Å². The number of aliphatic hydroxyl groups excluding tert-OH is 1. The summed E-state index contributed by atoms with van der Waals surface area (Å²) in [6.07, 6.45) is -5.14. The molecule has 0 bridgehead atoms. The summed E-state index contributed by atoms with van der Waals surface area (Å²) in [4.78, 5) is 11.4. The lowest BCUT2D eigenvalue weighted by atomic mass is 10.3. The summed E-state index contributed by atoms with van der Waals surface area (Å²) in [5.41, 5.74) is -1.17. The molecule has 9 heteroatoms. The number of allylic oxidation sites excluding steroid dienone is 1. The van der Waals surface area contributed by atoms with Crippen molar-refractivity contribution in [3.63, 3.8) is 0 Å². The van der Waals surface area contributed by atoms with E-state index in [4.69, 9.17) is 16.7 Å². The zero-order valence-electron chi connectivity index (χ0n) is 10.7. The van der Waals surface area contributed by atoms with Crippen molar-refractivity contribution in [3.05, 3.63) is 40.7 Å². The Balaban J connectivity index is 3.14. The van der Waals surface area contributed by atoms with E-state index in [-0.39, 0.29) is 12.3 Å². The van der Waals surface area contributed by atoms with Crippen molar-refractivity contribution in [2.75, 3.05) is 6.61 Å². The minimum Gasteiger partial charge on any atom is -0.502 e. The number of carbonyl (C=O) groups is 1. The summed E-state index contributed by atoms with van der Waals surface area (Å²) in [7, 11) is 0. The van der Waals surface area contributed by atoms with Crippen LogP contribution in [0.5, 0.6) is 0 Å². The van der Waals surface area contributed by atoms with E-state index in [9.17, 15) is 18.0 Å². The molecule has 0 saturated heterocycles. The van der Waals surface area contributed by atoms with Gasteiger partial charge in [0.1, 0.15) is 0 Å². The van der Waals surface area contributed by atoms with E-state index in [1.165, 1.54) is 31.2 Å². The molecule has 0 amide bonds. The minimum atomic E-state index is -5.14. The van der Waals surface area contributed by atoms with Gasteiger partial charge in [-0.05, 0) is 31.2 Å². The molecular formula is C12H10ClF3N2O3. The molecular weight excluding hydrogens is 313 g/mol. The van der Waals surface area contributed by atoms with E-state index >= 15 is 0 Å². The molecule has 1 N–H and O–H groups in total. The second-order valence-corrected chi connectivity index (χ2v) is 4.03. The van der Waals surface area contributed by atoms with Crippen LogP contribution in [0.25, 0.3) is 0 Å². The molecule has 0 heterocycles. The first-order valence-electron chi connectivity index (χ1n) is 5.60. The molecule has 0 radical (unpaired) electrons. The summed E-state index contributed by atoms with van der Waals surface area (Å²) in [5.74, 6) is -3.59. The zero-order chi connectivity index (χ0) is 16.0. The third-order valence-electron chi connectivity index (χ3n) is 2.05. The van der Waals surface area contributed by atoms with Crippen molar-refractivity contribution in [3.8, 4) is 0 Å². The van der Waals surface area contributed by atoms with E-state index in [1.807, 2.05) is 0 Å². The molecule has 1 aromatic carbocycles. The Bertz CT molecular complexity index is 568. The highest BCUT2D eigenvalue weighted by Gasteiger charge is 2.39. The number of azo groups is 1. The van der Waals surface area contributed by atoms with Crippen LogP contribution in [-0.2, 0) is 9.53 Å². The van der Waals surface area contributed by atoms with Crippen LogP contribution in [0.15, 0.2) is 46.0 Å². The summed E-state index contributed by atoms with van der Waals surface area (Å²) in [5, 5.41) is 16.0. The normalized spacial score (nSPS) is 13.2. The summed E-state index contributed by atoms with van der Waals surface area (Å²) in [6.45, 7) is 1.22. The maximum atomic E-state index is 12.4. The number of ether oxygens (including phenoxy) is 1. The number of carbonyl (C=O) groups excluding carboxylic acids is 1. The molecule has 114 valence electrons. The summed E-state index contributed by atoms with van der Waals surface area (Å²) >= 11 is 5.63. The average Bonchev–Trinajstić information content (AvgIpc) is 2.40. The second kappa shape index (κ2) is 7.07. The number of aliphatic hydroxyl groups is 1. The fourth-order valence-electron chi connectivity index (χ4n) is 1.13. The smallest absolute Gasteiger partial charge is 0.451 e. The number of nitrogens with zero attached hydrogens (tertiary/aromatic N) is 2. The second-order valence-electron chi connectivity index (χ2n) is 3.59. The van der Waals surface area contributed by atoms with Gasteiger partial charge in [-0.15, -0.1) is 5.11 Å².